The van der Waals surface area contributed by atoms with Gasteiger partial charge in [0.2, 0.25) is 5.91 Å². The third-order valence-electron chi connectivity index (χ3n) is 2.25. The van der Waals surface area contributed by atoms with E-state index in [1.165, 1.54) is 0 Å². The van der Waals surface area contributed by atoms with Crippen LogP contribution in [0.3, 0.4) is 0 Å². The number of rotatable bonds is 6. The molecule has 2 N–H and O–H groups in total. The van der Waals surface area contributed by atoms with Crippen LogP contribution in [0.2, 0.25) is 0 Å². The van der Waals surface area contributed by atoms with Crippen LogP contribution in [0.15, 0.2) is 0 Å². The minimum atomic E-state index is -1.08. The Hall–Kier alpha value is -0.420. The lowest BCUT2D eigenvalue weighted by Crippen LogP contribution is -2.36. The molecule has 0 spiro atoms. The molecule has 1 amide bonds. The van der Waals surface area contributed by atoms with E-state index in [-0.39, 0.29) is 23.7 Å². The summed E-state index contributed by atoms with van der Waals surface area (Å²) in [7, 11) is 0.653. The van der Waals surface area contributed by atoms with Gasteiger partial charge in [-0.25, -0.2) is 0 Å². The van der Waals surface area contributed by atoms with Gasteiger partial charge in [0.05, 0.1) is 0 Å². The summed E-state index contributed by atoms with van der Waals surface area (Å²) in [5, 5.41) is 0. The number of nitrogens with zero attached hydrogens (tertiary/aromatic N) is 1. The van der Waals surface area contributed by atoms with E-state index in [2.05, 4.69) is 0 Å². The standard InChI is InChI=1S/C10H22N2O2S/c1-8(2)12(4)10(13)7-15(14)6-5-9(3)11/h8-9H,5-7,11H2,1-4H3. The highest BCUT2D eigenvalue weighted by Crippen LogP contribution is 1.98. The fourth-order valence-corrected chi connectivity index (χ4v) is 2.18. The number of carbonyl (C=O) groups excluding carboxylic acids is 1. The molecule has 0 aliphatic heterocycles. The fourth-order valence-electron chi connectivity index (χ4n) is 0.917. The van der Waals surface area contributed by atoms with Crippen molar-refractivity contribution in [1.82, 2.24) is 4.90 Å². The second-order valence-corrected chi connectivity index (χ2v) is 5.73. The van der Waals surface area contributed by atoms with Gasteiger partial charge >= 0.3 is 0 Å². The third-order valence-corrected chi connectivity index (χ3v) is 3.51. The maximum absolute atomic E-state index is 11.5. The summed E-state index contributed by atoms with van der Waals surface area (Å²) in [6.45, 7) is 5.74. The number of hydrogen-bond donors (Lipinski definition) is 1. The highest BCUT2D eigenvalue weighted by molar-refractivity contribution is 7.85. The van der Waals surface area contributed by atoms with Crippen LogP contribution in [0.1, 0.15) is 27.2 Å². The second-order valence-electron chi connectivity index (χ2n) is 4.15. The van der Waals surface area contributed by atoms with E-state index >= 15 is 0 Å². The number of carbonyl (C=O) groups is 1. The molecule has 0 bridgehead atoms. The van der Waals surface area contributed by atoms with Crippen LogP contribution in [0, 0.1) is 0 Å². The lowest BCUT2D eigenvalue weighted by atomic mass is 10.3. The van der Waals surface area contributed by atoms with Crippen LogP contribution in [0.25, 0.3) is 0 Å². The minimum Gasteiger partial charge on any atom is -0.343 e. The lowest BCUT2D eigenvalue weighted by molar-refractivity contribution is -0.128. The zero-order valence-corrected chi connectivity index (χ0v) is 10.8. The van der Waals surface area contributed by atoms with Gasteiger partial charge in [0.15, 0.2) is 0 Å². The molecule has 0 aliphatic rings. The summed E-state index contributed by atoms with van der Waals surface area (Å²) >= 11 is 0. The van der Waals surface area contributed by atoms with E-state index in [1.54, 1.807) is 11.9 Å². The van der Waals surface area contributed by atoms with Gasteiger partial charge in [0.25, 0.3) is 0 Å². The Bertz CT molecular complexity index is 229. The zero-order chi connectivity index (χ0) is 12.0. The van der Waals surface area contributed by atoms with Crippen LogP contribution in [-0.2, 0) is 15.6 Å². The normalized spacial score (nSPS) is 15.1. The molecule has 15 heavy (non-hydrogen) atoms. The third kappa shape index (κ3) is 6.62. The molecule has 0 saturated carbocycles. The molecule has 0 aliphatic carbocycles. The molecule has 0 aromatic rings. The summed E-state index contributed by atoms with van der Waals surface area (Å²) < 4.78 is 11.5. The smallest absolute Gasteiger partial charge is 0.235 e. The van der Waals surface area contributed by atoms with Crippen molar-refractivity contribution in [1.29, 1.82) is 0 Å². The minimum absolute atomic E-state index is 0.0480. The molecule has 0 aromatic carbocycles. The van der Waals surface area contributed by atoms with Gasteiger partial charge in [-0.1, -0.05) is 0 Å². The molecular weight excluding hydrogens is 212 g/mol. The van der Waals surface area contributed by atoms with Crippen molar-refractivity contribution in [2.45, 2.75) is 39.3 Å². The average molecular weight is 234 g/mol. The van der Waals surface area contributed by atoms with Gasteiger partial charge in [-0.3, -0.25) is 9.00 Å². The maximum atomic E-state index is 11.5. The van der Waals surface area contributed by atoms with E-state index in [0.29, 0.717) is 12.2 Å². The fraction of sp³-hybridized carbons (Fsp3) is 0.900. The van der Waals surface area contributed by atoms with Crippen molar-refractivity contribution in [2.24, 2.45) is 5.73 Å². The van der Waals surface area contributed by atoms with Crippen molar-refractivity contribution in [3.63, 3.8) is 0 Å². The molecule has 0 heterocycles. The molecule has 5 heteroatoms. The maximum Gasteiger partial charge on any atom is 0.235 e. The first kappa shape index (κ1) is 14.6. The SMILES string of the molecule is CC(N)CCS(=O)CC(=O)N(C)C(C)C. The Morgan fingerprint density at radius 3 is 2.33 bits per heavy atom. The van der Waals surface area contributed by atoms with Crippen LogP contribution >= 0.6 is 0 Å². The van der Waals surface area contributed by atoms with Crippen LogP contribution in [0.5, 0.6) is 0 Å². The topological polar surface area (TPSA) is 63.4 Å². The molecule has 90 valence electrons. The second kappa shape index (κ2) is 6.95. The molecule has 2 unspecified atom stereocenters. The molecule has 0 fully saturated rings. The predicted molar refractivity (Wildman–Crippen MR) is 64.0 cm³/mol. The van der Waals surface area contributed by atoms with Crippen molar-refractivity contribution in [2.75, 3.05) is 18.6 Å². The van der Waals surface area contributed by atoms with Gasteiger partial charge in [0, 0.05) is 35.7 Å². The first-order chi connectivity index (χ1) is 6.84. The van der Waals surface area contributed by atoms with Gasteiger partial charge in [-0.2, -0.15) is 0 Å². The summed E-state index contributed by atoms with van der Waals surface area (Å²) in [6.07, 6.45) is 0.700. The summed E-state index contributed by atoms with van der Waals surface area (Å²) in [5.41, 5.74) is 5.55. The Labute approximate surface area is 94.7 Å². The van der Waals surface area contributed by atoms with Crippen molar-refractivity contribution in [3.8, 4) is 0 Å². The largest absolute Gasteiger partial charge is 0.343 e. The van der Waals surface area contributed by atoms with Crippen molar-refractivity contribution >= 4 is 16.7 Å². The summed E-state index contributed by atoms with van der Waals surface area (Å²) in [6, 6.07) is 0.204. The zero-order valence-electron chi connectivity index (χ0n) is 10.0. The monoisotopic (exact) mass is 234 g/mol. The Balaban J connectivity index is 3.91. The lowest BCUT2D eigenvalue weighted by Gasteiger charge is -2.21. The average Bonchev–Trinajstić information content (AvgIpc) is 2.13. The highest BCUT2D eigenvalue weighted by Gasteiger charge is 2.15. The Kier molecular flexibility index (Phi) is 6.76. The number of amides is 1. The van der Waals surface area contributed by atoms with E-state index in [1.807, 2.05) is 20.8 Å². The van der Waals surface area contributed by atoms with Crippen molar-refractivity contribution in [3.05, 3.63) is 0 Å². The summed E-state index contributed by atoms with van der Waals surface area (Å²) in [5.74, 6) is 0.560. The highest BCUT2D eigenvalue weighted by atomic mass is 32.2. The van der Waals surface area contributed by atoms with E-state index in [4.69, 9.17) is 5.73 Å². The molecule has 0 saturated heterocycles. The first-order valence-electron chi connectivity index (χ1n) is 5.20. The predicted octanol–water partition coefficient (Wildman–Crippen LogP) is 0.339. The first-order valence-corrected chi connectivity index (χ1v) is 6.69. The van der Waals surface area contributed by atoms with Crippen LogP contribution < -0.4 is 5.73 Å². The van der Waals surface area contributed by atoms with Crippen molar-refractivity contribution < 1.29 is 9.00 Å². The summed E-state index contributed by atoms with van der Waals surface area (Å²) in [4.78, 5) is 13.2. The Morgan fingerprint density at radius 2 is 1.93 bits per heavy atom. The molecule has 0 aromatic heterocycles. The van der Waals surface area contributed by atoms with Gasteiger partial charge in [0.1, 0.15) is 5.75 Å². The number of nitrogens with two attached hydrogens (primary N) is 1. The van der Waals surface area contributed by atoms with E-state index in [9.17, 15) is 9.00 Å². The quantitative estimate of drug-likeness (QED) is 0.721. The molecule has 0 rings (SSSR count). The molecule has 4 nitrogen and oxygen atoms in total. The molecule has 2 atom stereocenters. The van der Waals surface area contributed by atoms with Crippen LogP contribution in [-0.4, -0.2) is 45.7 Å². The van der Waals surface area contributed by atoms with Gasteiger partial charge in [-0.15, -0.1) is 0 Å². The molecular formula is C10H22N2O2S. The Morgan fingerprint density at radius 1 is 1.40 bits per heavy atom. The van der Waals surface area contributed by atoms with Crippen LogP contribution in [0.4, 0.5) is 0 Å². The van der Waals surface area contributed by atoms with E-state index in [0.717, 1.165) is 0 Å². The van der Waals surface area contributed by atoms with Gasteiger partial charge in [-0.05, 0) is 27.2 Å². The van der Waals surface area contributed by atoms with E-state index < -0.39 is 10.8 Å². The molecule has 0 radical (unpaired) electrons. The van der Waals surface area contributed by atoms with Gasteiger partial charge < -0.3 is 10.6 Å². The number of hydrogen-bond acceptors (Lipinski definition) is 3.